The van der Waals surface area contributed by atoms with Crippen LogP contribution < -0.4 is 10.2 Å². The van der Waals surface area contributed by atoms with Crippen molar-refractivity contribution in [3.8, 4) is 0 Å². The van der Waals surface area contributed by atoms with Gasteiger partial charge in [0.1, 0.15) is 0 Å². The Bertz CT molecular complexity index is 493. The van der Waals surface area contributed by atoms with Crippen LogP contribution in [0.2, 0.25) is 0 Å². The molecule has 21 heavy (non-hydrogen) atoms. The summed E-state index contributed by atoms with van der Waals surface area (Å²) in [5.41, 5.74) is 2.48. The average Bonchev–Trinajstić information content (AvgIpc) is 3.29. The van der Waals surface area contributed by atoms with E-state index < -0.39 is 0 Å². The van der Waals surface area contributed by atoms with Gasteiger partial charge in [0.05, 0.1) is 18.8 Å². The van der Waals surface area contributed by atoms with Crippen molar-refractivity contribution in [2.24, 2.45) is 0 Å². The number of nitrogens with one attached hydrogen (secondary N) is 1. The second-order valence-corrected chi connectivity index (χ2v) is 6.94. The summed E-state index contributed by atoms with van der Waals surface area (Å²) in [7, 11) is 0. The first-order valence-electron chi connectivity index (χ1n) is 7.69. The molecule has 3 rings (SSSR count). The fourth-order valence-electron chi connectivity index (χ4n) is 2.77. The zero-order valence-electron chi connectivity index (χ0n) is 12.4. The number of anilines is 1. The summed E-state index contributed by atoms with van der Waals surface area (Å²) in [5.74, 6) is 0. The molecule has 1 aromatic carbocycles. The third-order valence-electron chi connectivity index (χ3n) is 4.09. The van der Waals surface area contributed by atoms with Crippen molar-refractivity contribution in [2.75, 3.05) is 24.6 Å². The van der Waals surface area contributed by atoms with Crippen LogP contribution >= 0.6 is 15.9 Å². The maximum absolute atomic E-state index is 9.33. The Morgan fingerprint density at radius 1 is 1.38 bits per heavy atom. The Morgan fingerprint density at radius 2 is 2.19 bits per heavy atom. The second-order valence-electron chi connectivity index (χ2n) is 6.09. The van der Waals surface area contributed by atoms with Crippen LogP contribution in [0.4, 0.5) is 5.69 Å². The molecule has 1 aromatic rings. The smallest absolute Gasteiger partial charge is 0.0984 e. The van der Waals surface area contributed by atoms with E-state index >= 15 is 0 Å². The predicted octanol–water partition coefficient (Wildman–Crippen LogP) is 2.29. The summed E-state index contributed by atoms with van der Waals surface area (Å²) >= 11 is 3.68. The first kappa shape index (κ1) is 15.3. The maximum atomic E-state index is 9.33. The molecule has 2 fully saturated rings. The predicted molar refractivity (Wildman–Crippen MR) is 87.6 cm³/mol. The number of aliphatic hydroxyl groups excluding tert-OH is 1. The molecule has 116 valence electrons. The van der Waals surface area contributed by atoms with Gasteiger partial charge in [-0.15, -0.1) is 0 Å². The second kappa shape index (κ2) is 6.65. The lowest BCUT2D eigenvalue weighted by Crippen LogP contribution is -2.48. The van der Waals surface area contributed by atoms with Crippen molar-refractivity contribution in [2.45, 2.75) is 44.6 Å². The molecular weight excluding hydrogens is 332 g/mol. The van der Waals surface area contributed by atoms with Gasteiger partial charge in [-0.05, 0) is 37.5 Å². The molecule has 1 aliphatic carbocycles. The summed E-state index contributed by atoms with van der Waals surface area (Å²) < 4.78 is 6.85. The Balaban J connectivity index is 1.68. The van der Waals surface area contributed by atoms with Gasteiger partial charge >= 0.3 is 0 Å². The number of hydrogen-bond acceptors (Lipinski definition) is 4. The summed E-state index contributed by atoms with van der Waals surface area (Å²) in [6, 6.07) is 7.25. The van der Waals surface area contributed by atoms with E-state index in [4.69, 9.17) is 4.74 Å². The van der Waals surface area contributed by atoms with E-state index in [9.17, 15) is 5.11 Å². The lowest BCUT2D eigenvalue weighted by atomic mass is 10.1. The van der Waals surface area contributed by atoms with Gasteiger partial charge in [0.15, 0.2) is 0 Å². The topological polar surface area (TPSA) is 44.7 Å². The Kier molecular flexibility index (Phi) is 4.84. The first-order chi connectivity index (χ1) is 10.2. The van der Waals surface area contributed by atoms with Gasteiger partial charge in [-0.3, -0.25) is 0 Å². The zero-order chi connectivity index (χ0) is 14.8. The molecule has 2 unspecified atom stereocenters. The van der Waals surface area contributed by atoms with E-state index in [1.54, 1.807) is 0 Å². The number of halogens is 1. The van der Waals surface area contributed by atoms with Crippen molar-refractivity contribution in [1.82, 2.24) is 5.32 Å². The van der Waals surface area contributed by atoms with Gasteiger partial charge in [-0.25, -0.2) is 0 Å². The van der Waals surface area contributed by atoms with Gasteiger partial charge in [-0.2, -0.15) is 0 Å². The van der Waals surface area contributed by atoms with Crippen molar-refractivity contribution < 1.29 is 9.84 Å². The molecule has 0 radical (unpaired) electrons. The minimum atomic E-state index is -0.0938. The van der Waals surface area contributed by atoms with Crippen LogP contribution in [0.25, 0.3) is 0 Å². The van der Waals surface area contributed by atoms with E-state index in [1.807, 2.05) is 0 Å². The normalized spacial score (nSPS) is 26.1. The third-order valence-corrected chi connectivity index (χ3v) is 4.83. The van der Waals surface area contributed by atoms with Crippen molar-refractivity contribution in [3.05, 3.63) is 28.2 Å². The zero-order valence-corrected chi connectivity index (χ0v) is 14.0. The highest BCUT2D eigenvalue weighted by molar-refractivity contribution is 9.10. The highest BCUT2D eigenvalue weighted by atomic mass is 79.9. The number of benzene rings is 1. The highest BCUT2D eigenvalue weighted by Crippen LogP contribution is 2.27. The number of nitrogens with zero attached hydrogens (tertiary/aromatic N) is 1. The van der Waals surface area contributed by atoms with Crippen LogP contribution in [0.3, 0.4) is 0 Å². The van der Waals surface area contributed by atoms with Gasteiger partial charge in [0.25, 0.3) is 0 Å². The molecule has 2 N–H and O–H groups in total. The maximum Gasteiger partial charge on any atom is 0.0984 e. The van der Waals surface area contributed by atoms with Gasteiger partial charge in [0.2, 0.25) is 0 Å². The molecule has 0 spiro atoms. The molecule has 1 aliphatic heterocycles. The van der Waals surface area contributed by atoms with E-state index in [-0.39, 0.29) is 18.8 Å². The molecule has 1 heterocycles. The first-order valence-corrected chi connectivity index (χ1v) is 8.48. The SMILES string of the molecule is CC1CN(c2ccc(CNC3CC3)c(Br)c2)CC(CO)O1. The third kappa shape index (κ3) is 3.97. The molecule has 0 bridgehead atoms. The number of ether oxygens (including phenoxy) is 1. The molecule has 1 saturated carbocycles. The van der Waals surface area contributed by atoms with Crippen LogP contribution in [0.5, 0.6) is 0 Å². The van der Waals surface area contributed by atoms with Crippen LogP contribution in [0.15, 0.2) is 22.7 Å². The molecule has 0 aromatic heterocycles. The van der Waals surface area contributed by atoms with Crippen LogP contribution in [-0.2, 0) is 11.3 Å². The molecular formula is C16H23BrN2O2. The number of hydrogen-bond donors (Lipinski definition) is 2. The Hall–Kier alpha value is -0.620. The summed E-state index contributed by atoms with van der Waals surface area (Å²) in [5, 5.41) is 12.9. The molecule has 1 saturated heterocycles. The highest BCUT2D eigenvalue weighted by Gasteiger charge is 2.25. The molecule has 2 aliphatic rings. The van der Waals surface area contributed by atoms with Crippen LogP contribution in [0, 0.1) is 0 Å². The minimum Gasteiger partial charge on any atom is -0.394 e. The van der Waals surface area contributed by atoms with Crippen LogP contribution in [0.1, 0.15) is 25.3 Å². The largest absolute Gasteiger partial charge is 0.394 e. The number of morpholine rings is 1. The summed E-state index contributed by atoms with van der Waals surface area (Å²) in [6.45, 7) is 4.66. The van der Waals surface area contributed by atoms with Crippen LogP contribution in [-0.4, -0.2) is 43.1 Å². The summed E-state index contributed by atoms with van der Waals surface area (Å²) in [4.78, 5) is 2.29. The minimum absolute atomic E-state index is 0.0748. The Morgan fingerprint density at radius 3 is 2.86 bits per heavy atom. The summed E-state index contributed by atoms with van der Waals surface area (Å²) in [6.07, 6.45) is 2.67. The van der Waals surface area contributed by atoms with Crippen molar-refractivity contribution in [3.63, 3.8) is 0 Å². The lowest BCUT2D eigenvalue weighted by Gasteiger charge is -2.37. The molecule has 4 nitrogen and oxygen atoms in total. The Labute approximate surface area is 134 Å². The van der Waals surface area contributed by atoms with Crippen molar-refractivity contribution >= 4 is 21.6 Å². The van der Waals surface area contributed by atoms with Gasteiger partial charge in [0, 0.05) is 35.8 Å². The van der Waals surface area contributed by atoms with Gasteiger partial charge in [-0.1, -0.05) is 22.0 Å². The molecule has 2 atom stereocenters. The lowest BCUT2D eigenvalue weighted by molar-refractivity contribution is -0.0421. The van der Waals surface area contributed by atoms with Gasteiger partial charge < -0.3 is 20.1 Å². The van der Waals surface area contributed by atoms with E-state index in [0.717, 1.165) is 30.1 Å². The molecule has 0 amide bonds. The standard InChI is InChI=1S/C16H23BrN2O2/c1-11-8-19(9-15(10-20)21-11)14-5-2-12(16(17)6-14)7-18-13-3-4-13/h2,5-6,11,13,15,18,20H,3-4,7-10H2,1H3. The van der Waals surface area contributed by atoms with Crippen molar-refractivity contribution in [1.29, 1.82) is 0 Å². The van der Waals surface area contributed by atoms with E-state index in [1.165, 1.54) is 24.1 Å². The average molecular weight is 355 g/mol. The molecule has 5 heteroatoms. The van der Waals surface area contributed by atoms with E-state index in [2.05, 4.69) is 51.3 Å². The monoisotopic (exact) mass is 354 g/mol. The number of aliphatic hydroxyl groups is 1. The van der Waals surface area contributed by atoms with E-state index in [0.29, 0.717) is 0 Å². The number of rotatable bonds is 5. The fraction of sp³-hybridized carbons (Fsp3) is 0.625. The fourth-order valence-corrected chi connectivity index (χ4v) is 3.28. The quantitative estimate of drug-likeness (QED) is 0.851.